The van der Waals surface area contributed by atoms with Crippen LogP contribution in [-0.2, 0) is 10.0 Å². The molecule has 0 saturated carbocycles. The summed E-state index contributed by atoms with van der Waals surface area (Å²) in [5.74, 6) is -0.0315. The second kappa shape index (κ2) is 7.19. The van der Waals surface area contributed by atoms with Gasteiger partial charge in [0.2, 0.25) is 0 Å². The molecule has 0 unspecified atom stereocenters. The number of aromatic nitrogens is 2. The molecule has 134 valence electrons. The highest BCUT2D eigenvalue weighted by molar-refractivity contribution is 7.92. The van der Waals surface area contributed by atoms with Crippen LogP contribution in [0.2, 0.25) is 5.02 Å². The summed E-state index contributed by atoms with van der Waals surface area (Å²) in [6.45, 7) is 0. The molecular weight excluding hydrogens is 376 g/mol. The number of halogens is 1. The van der Waals surface area contributed by atoms with Gasteiger partial charge in [-0.25, -0.2) is 8.42 Å². The summed E-state index contributed by atoms with van der Waals surface area (Å²) in [6.07, 6.45) is 1.50. The van der Waals surface area contributed by atoms with Gasteiger partial charge in [0.05, 0.1) is 16.8 Å². The first kappa shape index (κ1) is 18.0. The van der Waals surface area contributed by atoms with Gasteiger partial charge < -0.3 is 5.32 Å². The van der Waals surface area contributed by atoms with Crippen LogP contribution in [-0.4, -0.2) is 31.6 Å². The fourth-order valence-corrected chi connectivity index (χ4v) is 3.70. The molecule has 1 aromatic heterocycles. The number of H-pyrrole nitrogens is 1. The molecule has 0 fully saturated rings. The predicted octanol–water partition coefficient (Wildman–Crippen LogP) is 3.14. The molecule has 2 aromatic carbocycles. The van der Waals surface area contributed by atoms with E-state index < -0.39 is 15.9 Å². The Morgan fingerprint density at radius 1 is 1.15 bits per heavy atom. The van der Waals surface area contributed by atoms with E-state index in [0.29, 0.717) is 16.5 Å². The first-order valence-electron chi connectivity index (χ1n) is 7.53. The highest BCUT2D eigenvalue weighted by Crippen LogP contribution is 2.25. The van der Waals surface area contributed by atoms with E-state index in [-0.39, 0.29) is 10.5 Å². The Balaban J connectivity index is 1.89. The van der Waals surface area contributed by atoms with E-state index in [4.69, 9.17) is 11.6 Å². The molecule has 0 aliphatic carbocycles. The molecule has 2 N–H and O–H groups in total. The number of carbonyl (C=O) groups is 1. The summed E-state index contributed by atoms with van der Waals surface area (Å²) >= 11 is 5.94. The first-order valence-corrected chi connectivity index (χ1v) is 9.35. The maximum Gasteiger partial charge on any atom is 0.264 e. The van der Waals surface area contributed by atoms with Crippen molar-refractivity contribution in [2.75, 3.05) is 16.7 Å². The number of hydrogen-bond acceptors (Lipinski definition) is 4. The predicted molar refractivity (Wildman–Crippen MR) is 100 cm³/mol. The average Bonchev–Trinajstić information content (AvgIpc) is 3.14. The van der Waals surface area contributed by atoms with Gasteiger partial charge in [-0.2, -0.15) is 5.10 Å². The van der Waals surface area contributed by atoms with Gasteiger partial charge in [0.25, 0.3) is 15.9 Å². The lowest BCUT2D eigenvalue weighted by Gasteiger charge is -2.20. The number of benzene rings is 2. The Bertz CT molecular complexity index is 1040. The number of anilines is 2. The van der Waals surface area contributed by atoms with Gasteiger partial charge in [-0.3, -0.25) is 14.2 Å². The number of rotatable bonds is 5. The molecule has 26 heavy (non-hydrogen) atoms. The van der Waals surface area contributed by atoms with Crippen LogP contribution in [0.1, 0.15) is 10.4 Å². The Morgan fingerprint density at radius 2 is 1.92 bits per heavy atom. The van der Waals surface area contributed by atoms with Crippen LogP contribution in [0.5, 0.6) is 0 Å². The van der Waals surface area contributed by atoms with Gasteiger partial charge in [0.1, 0.15) is 5.82 Å². The topological polar surface area (TPSA) is 95.2 Å². The highest BCUT2D eigenvalue weighted by Gasteiger charge is 2.22. The molecule has 0 bridgehead atoms. The van der Waals surface area contributed by atoms with Gasteiger partial charge in [-0.1, -0.05) is 23.7 Å². The van der Waals surface area contributed by atoms with Gasteiger partial charge in [-0.15, -0.1) is 0 Å². The van der Waals surface area contributed by atoms with E-state index >= 15 is 0 Å². The lowest BCUT2D eigenvalue weighted by molar-refractivity contribution is 0.102. The summed E-state index contributed by atoms with van der Waals surface area (Å²) in [4.78, 5) is 12.3. The average molecular weight is 391 g/mol. The fraction of sp³-hybridized carbons (Fsp3) is 0.0588. The van der Waals surface area contributed by atoms with Crippen molar-refractivity contribution in [3.05, 3.63) is 71.4 Å². The summed E-state index contributed by atoms with van der Waals surface area (Å²) in [5, 5.41) is 9.37. The molecule has 0 atom stereocenters. The third kappa shape index (κ3) is 3.71. The van der Waals surface area contributed by atoms with E-state index in [2.05, 4.69) is 15.5 Å². The lowest BCUT2D eigenvalue weighted by Crippen LogP contribution is -2.26. The smallest absolute Gasteiger partial charge is 0.264 e. The normalized spacial score (nSPS) is 11.2. The van der Waals surface area contributed by atoms with Crippen LogP contribution >= 0.6 is 11.6 Å². The largest absolute Gasteiger partial charge is 0.307 e. The van der Waals surface area contributed by atoms with E-state index in [1.165, 1.54) is 37.5 Å². The molecule has 7 nitrogen and oxygen atoms in total. The zero-order valence-electron chi connectivity index (χ0n) is 13.7. The van der Waals surface area contributed by atoms with E-state index in [0.717, 1.165) is 4.31 Å². The van der Waals surface area contributed by atoms with Gasteiger partial charge in [-0.05, 0) is 36.4 Å². The summed E-state index contributed by atoms with van der Waals surface area (Å²) < 4.78 is 26.9. The van der Waals surface area contributed by atoms with Crippen LogP contribution in [0.25, 0.3) is 0 Å². The molecule has 3 rings (SSSR count). The highest BCUT2D eigenvalue weighted by atomic mass is 35.5. The zero-order chi connectivity index (χ0) is 18.7. The van der Waals surface area contributed by atoms with Crippen LogP contribution in [0, 0.1) is 0 Å². The molecule has 0 spiro atoms. The molecule has 9 heteroatoms. The summed E-state index contributed by atoms with van der Waals surface area (Å²) in [6, 6.07) is 13.9. The molecule has 0 aliphatic rings. The molecule has 1 amide bonds. The van der Waals surface area contributed by atoms with Crippen LogP contribution in [0.4, 0.5) is 11.5 Å². The number of hydrogen-bond donors (Lipinski definition) is 2. The molecule has 1 heterocycles. The van der Waals surface area contributed by atoms with Crippen molar-refractivity contribution in [3.63, 3.8) is 0 Å². The maximum atomic E-state index is 12.9. The van der Waals surface area contributed by atoms with E-state index in [1.54, 1.807) is 30.3 Å². The van der Waals surface area contributed by atoms with Crippen LogP contribution in [0.3, 0.4) is 0 Å². The Kier molecular flexibility index (Phi) is 4.97. The number of nitrogens with zero attached hydrogens (tertiary/aromatic N) is 2. The molecule has 0 radical (unpaired) electrons. The van der Waals surface area contributed by atoms with Crippen molar-refractivity contribution in [3.8, 4) is 0 Å². The van der Waals surface area contributed by atoms with Crippen molar-refractivity contribution >= 4 is 39.0 Å². The lowest BCUT2D eigenvalue weighted by atomic mass is 10.2. The first-order chi connectivity index (χ1) is 12.4. The van der Waals surface area contributed by atoms with E-state index in [1.807, 2.05) is 0 Å². The minimum absolute atomic E-state index is 0.00256. The van der Waals surface area contributed by atoms with Crippen molar-refractivity contribution in [1.82, 2.24) is 10.2 Å². The number of carbonyl (C=O) groups excluding carboxylic acids is 1. The quantitative estimate of drug-likeness (QED) is 0.699. The summed E-state index contributed by atoms with van der Waals surface area (Å²) in [7, 11) is -2.42. The molecular formula is C17H15ClN4O3S. The Labute approximate surface area is 155 Å². The molecule has 0 saturated heterocycles. The maximum absolute atomic E-state index is 12.9. The zero-order valence-corrected chi connectivity index (χ0v) is 15.3. The van der Waals surface area contributed by atoms with Gasteiger partial charge in [0.15, 0.2) is 0 Å². The van der Waals surface area contributed by atoms with Crippen LogP contribution < -0.4 is 9.62 Å². The monoisotopic (exact) mass is 390 g/mol. The Hall–Kier alpha value is -2.84. The SMILES string of the molecule is CN(c1cccc(Cl)c1)S(=O)(=O)c1cccc(C(=O)Nc2ccn[nH]2)c1. The summed E-state index contributed by atoms with van der Waals surface area (Å²) in [5.41, 5.74) is 0.630. The number of sulfonamides is 1. The van der Waals surface area contributed by atoms with Crippen molar-refractivity contribution in [1.29, 1.82) is 0 Å². The van der Waals surface area contributed by atoms with E-state index in [9.17, 15) is 13.2 Å². The second-order valence-corrected chi connectivity index (χ2v) is 7.81. The minimum Gasteiger partial charge on any atom is -0.307 e. The standard InChI is InChI=1S/C17H15ClN4O3S/c1-22(14-6-3-5-13(18)11-14)26(24,25)15-7-2-4-12(10-15)17(23)20-16-8-9-19-21-16/h2-11H,1H3,(H2,19,20,21,23). The Morgan fingerprint density at radius 3 is 2.62 bits per heavy atom. The van der Waals surface area contributed by atoms with Crippen LogP contribution in [0.15, 0.2) is 65.7 Å². The van der Waals surface area contributed by atoms with Crippen molar-refractivity contribution in [2.24, 2.45) is 0 Å². The van der Waals surface area contributed by atoms with Gasteiger partial charge in [0, 0.05) is 23.7 Å². The van der Waals surface area contributed by atoms with Gasteiger partial charge >= 0.3 is 0 Å². The second-order valence-electron chi connectivity index (χ2n) is 5.40. The number of nitrogens with one attached hydrogen (secondary N) is 2. The fourth-order valence-electron chi connectivity index (χ4n) is 2.29. The van der Waals surface area contributed by atoms with Crippen molar-refractivity contribution in [2.45, 2.75) is 4.90 Å². The van der Waals surface area contributed by atoms with Crippen molar-refractivity contribution < 1.29 is 13.2 Å². The third-order valence-electron chi connectivity index (χ3n) is 3.68. The number of amides is 1. The molecule has 0 aliphatic heterocycles. The molecule has 3 aromatic rings. The number of aromatic amines is 1. The minimum atomic E-state index is -3.85. The third-order valence-corrected chi connectivity index (χ3v) is 5.69.